The van der Waals surface area contributed by atoms with E-state index in [1.165, 1.54) is 16.8 Å². The lowest BCUT2D eigenvalue weighted by Gasteiger charge is -2.11. The monoisotopic (exact) mass is 433 g/mol. The van der Waals surface area contributed by atoms with Gasteiger partial charge in [0.25, 0.3) is 0 Å². The Bertz CT molecular complexity index is 604. The number of aryl methyl sites for hydroxylation is 2. The van der Waals surface area contributed by atoms with Crippen molar-refractivity contribution in [2.24, 2.45) is 12.0 Å². The molecule has 2 N–H and O–H groups in total. The lowest BCUT2D eigenvalue weighted by atomic mass is 10.1. The highest BCUT2D eigenvalue weighted by Gasteiger charge is 2.09. The molecule has 2 aromatic heterocycles. The van der Waals surface area contributed by atoms with Gasteiger partial charge in [-0.3, -0.25) is 9.67 Å². The molecule has 2 aromatic rings. The van der Waals surface area contributed by atoms with E-state index in [4.69, 9.17) is 0 Å². The van der Waals surface area contributed by atoms with Gasteiger partial charge in [0.2, 0.25) is 0 Å². The Morgan fingerprint density at radius 2 is 2.14 bits per heavy atom. The highest BCUT2D eigenvalue weighted by molar-refractivity contribution is 14.0. The summed E-state index contributed by atoms with van der Waals surface area (Å²) in [6.45, 7) is 5.82. The number of nitrogens with one attached hydrogen (secondary N) is 2. The Kier molecular flexibility index (Phi) is 7.88. The summed E-state index contributed by atoms with van der Waals surface area (Å²) in [7, 11) is 3.78. The molecule has 0 aliphatic rings. The molecule has 2 rings (SSSR count). The van der Waals surface area contributed by atoms with Gasteiger partial charge >= 0.3 is 0 Å². The quantitative estimate of drug-likeness (QED) is 0.433. The molecule has 5 nitrogen and oxygen atoms in total. The lowest BCUT2D eigenvalue weighted by Crippen LogP contribution is -2.37. The standard InChI is InChI=1S/C15H23N5S.HI/c1-11-14(12(2)20(4)19-11)5-7-17-15(16-3)18-9-13-6-8-21-10-13;/h6,8,10H,5,7,9H2,1-4H3,(H2,16,17,18);1H. The van der Waals surface area contributed by atoms with Crippen molar-refractivity contribution in [1.82, 2.24) is 20.4 Å². The molecule has 7 heteroatoms. The summed E-state index contributed by atoms with van der Waals surface area (Å²) in [6, 6.07) is 2.12. The molecule has 0 bridgehead atoms. The Morgan fingerprint density at radius 3 is 2.68 bits per heavy atom. The van der Waals surface area contributed by atoms with Gasteiger partial charge in [-0.2, -0.15) is 16.4 Å². The molecule has 0 saturated heterocycles. The van der Waals surface area contributed by atoms with Crippen LogP contribution in [0.15, 0.2) is 21.8 Å². The average molecular weight is 433 g/mol. The number of aromatic nitrogens is 2. The molecule has 0 radical (unpaired) electrons. The molecular formula is C15H24IN5S. The number of rotatable bonds is 5. The zero-order chi connectivity index (χ0) is 15.2. The van der Waals surface area contributed by atoms with Crippen molar-refractivity contribution in [2.75, 3.05) is 13.6 Å². The summed E-state index contributed by atoms with van der Waals surface area (Å²) in [6.07, 6.45) is 0.949. The van der Waals surface area contributed by atoms with Crippen LogP contribution in [0, 0.1) is 13.8 Å². The van der Waals surface area contributed by atoms with Gasteiger partial charge in [-0.25, -0.2) is 0 Å². The third-order valence-corrected chi connectivity index (χ3v) is 4.32. The van der Waals surface area contributed by atoms with Gasteiger partial charge in [0.15, 0.2) is 5.96 Å². The van der Waals surface area contributed by atoms with Crippen LogP contribution < -0.4 is 10.6 Å². The van der Waals surface area contributed by atoms with E-state index in [-0.39, 0.29) is 24.0 Å². The van der Waals surface area contributed by atoms with Crippen LogP contribution in [-0.2, 0) is 20.0 Å². The molecule has 0 saturated carbocycles. The normalized spacial score (nSPS) is 11.2. The largest absolute Gasteiger partial charge is 0.356 e. The fourth-order valence-electron chi connectivity index (χ4n) is 2.28. The van der Waals surface area contributed by atoms with Gasteiger partial charge in [-0.1, -0.05) is 0 Å². The van der Waals surface area contributed by atoms with Crippen molar-refractivity contribution in [1.29, 1.82) is 0 Å². The van der Waals surface area contributed by atoms with Crippen LogP contribution in [0.3, 0.4) is 0 Å². The Hall–Kier alpha value is -1.09. The number of thiophene rings is 1. The number of guanidine groups is 1. The minimum Gasteiger partial charge on any atom is -0.356 e. The Labute approximate surface area is 153 Å². The predicted octanol–water partition coefficient (Wildman–Crippen LogP) is 2.62. The van der Waals surface area contributed by atoms with E-state index in [0.717, 1.165) is 31.2 Å². The summed E-state index contributed by atoms with van der Waals surface area (Å²) < 4.78 is 1.94. The molecule has 0 aliphatic heterocycles. The van der Waals surface area contributed by atoms with Crippen LogP contribution in [0.2, 0.25) is 0 Å². The number of hydrogen-bond acceptors (Lipinski definition) is 3. The molecule has 0 amide bonds. The van der Waals surface area contributed by atoms with Crippen molar-refractivity contribution < 1.29 is 0 Å². The maximum absolute atomic E-state index is 4.44. The topological polar surface area (TPSA) is 54.2 Å². The van der Waals surface area contributed by atoms with Gasteiger partial charge in [0.05, 0.1) is 5.69 Å². The summed E-state index contributed by atoms with van der Waals surface area (Å²) in [5.41, 5.74) is 4.94. The first-order chi connectivity index (χ1) is 10.1. The first kappa shape index (κ1) is 19.0. The first-order valence-electron chi connectivity index (χ1n) is 7.06. The van der Waals surface area contributed by atoms with Gasteiger partial charge in [-0.15, -0.1) is 24.0 Å². The highest BCUT2D eigenvalue weighted by atomic mass is 127. The molecule has 0 fully saturated rings. The molecule has 122 valence electrons. The molecule has 2 heterocycles. The number of hydrogen-bond donors (Lipinski definition) is 2. The number of aliphatic imine (C=N–C) groups is 1. The van der Waals surface area contributed by atoms with Crippen molar-refractivity contribution in [3.05, 3.63) is 39.3 Å². The molecule has 0 unspecified atom stereocenters. The smallest absolute Gasteiger partial charge is 0.191 e. The van der Waals surface area contributed by atoms with Crippen LogP contribution >= 0.6 is 35.3 Å². The summed E-state index contributed by atoms with van der Waals surface area (Å²) in [5, 5.41) is 15.3. The van der Waals surface area contributed by atoms with Crippen molar-refractivity contribution in [2.45, 2.75) is 26.8 Å². The minimum atomic E-state index is 0. The molecule has 0 aromatic carbocycles. The molecule has 0 aliphatic carbocycles. The second-order valence-corrected chi connectivity index (χ2v) is 5.79. The van der Waals surface area contributed by atoms with E-state index < -0.39 is 0 Å². The fraction of sp³-hybridized carbons (Fsp3) is 0.467. The van der Waals surface area contributed by atoms with E-state index in [2.05, 4.69) is 51.4 Å². The van der Waals surface area contributed by atoms with E-state index in [1.54, 1.807) is 18.4 Å². The zero-order valence-corrected chi connectivity index (χ0v) is 16.7. The van der Waals surface area contributed by atoms with Crippen LogP contribution in [0.4, 0.5) is 0 Å². The Balaban J connectivity index is 0.00000242. The van der Waals surface area contributed by atoms with Gasteiger partial charge in [0.1, 0.15) is 0 Å². The lowest BCUT2D eigenvalue weighted by molar-refractivity contribution is 0.729. The van der Waals surface area contributed by atoms with Crippen molar-refractivity contribution in [3.8, 4) is 0 Å². The summed E-state index contributed by atoms with van der Waals surface area (Å²) in [5.74, 6) is 0.834. The summed E-state index contributed by atoms with van der Waals surface area (Å²) in [4.78, 5) is 4.25. The van der Waals surface area contributed by atoms with Crippen LogP contribution in [0.5, 0.6) is 0 Å². The van der Waals surface area contributed by atoms with Gasteiger partial charge in [-0.05, 0) is 48.2 Å². The van der Waals surface area contributed by atoms with Crippen molar-refractivity contribution >= 4 is 41.3 Å². The SMILES string of the molecule is CN=C(NCCc1c(C)nn(C)c1C)NCc1ccsc1.I. The minimum absolute atomic E-state index is 0. The second kappa shape index (κ2) is 9.14. The molecule has 22 heavy (non-hydrogen) atoms. The van der Waals surface area contributed by atoms with Crippen LogP contribution in [0.25, 0.3) is 0 Å². The van der Waals surface area contributed by atoms with Gasteiger partial charge < -0.3 is 10.6 Å². The third kappa shape index (κ3) is 4.98. The average Bonchev–Trinajstić information content (AvgIpc) is 3.06. The molecule has 0 spiro atoms. The number of halogens is 1. The highest BCUT2D eigenvalue weighted by Crippen LogP contribution is 2.11. The van der Waals surface area contributed by atoms with Crippen LogP contribution in [-0.4, -0.2) is 29.3 Å². The first-order valence-corrected chi connectivity index (χ1v) is 8.00. The maximum atomic E-state index is 4.44. The number of nitrogens with zero attached hydrogens (tertiary/aromatic N) is 3. The molecular weight excluding hydrogens is 409 g/mol. The molecule has 0 atom stereocenters. The summed E-state index contributed by atoms with van der Waals surface area (Å²) >= 11 is 1.71. The van der Waals surface area contributed by atoms with E-state index in [0.29, 0.717) is 0 Å². The van der Waals surface area contributed by atoms with Crippen LogP contribution in [0.1, 0.15) is 22.5 Å². The predicted molar refractivity (Wildman–Crippen MR) is 104 cm³/mol. The Morgan fingerprint density at radius 1 is 1.36 bits per heavy atom. The maximum Gasteiger partial charge on any atom is 0.191 e. The second-order valence-electron chi connectivity index (χ2n) is 5.01. The van der Waals surface area contributed by atoms with E-state index in [9.17, 15) is 0 Å². The van der Waals surface area contributed by atoms with Crippen molar-refractivity contribution in [3.63, 3.8) is 0 Å². The van der Waals surface area contributed by atoms with E-state index >= 15 is 0 Å². The zero-order valence-electron chi connectivity index (χ0n) is 13.5. The van der Waals surface area contributed by atoms with E-state index in [1.807, 2.05) is 11.7 Å². The third-order valence-electron chi connectivity index (χ3n) is 3.59. The van der Waals surface area contributed by atoms with Gasteiger partial charge in [0, 0.05) is 32.9 Å². The fourth-order valence-corrected chi connectivity index (χ4v) is 2.95.